The van der Waals surface area contributed by atoms with Gasteiger partial charge in [0.25, 0.3) is 11.8 Å². The van der Waals surface area contributed by atoms with Crippen LogP contribution in [-0.2, 0) is 0 Å². The highest BCUT2D eigenvalue weighted by atomic mass is 16.2. The molecule has 216 valence electrons. The van der Waals surface area contributed by atoms with Crippen LogP contribution in [0.25, 0.3) is 55.0 Å². The molecule has 3 heterocycles. The Morgan fingerprint density at radius 3 is 1.87 bits per heavy atom. The molecule has 2 aromatic heterocycles. The molecule has 0 bridgehead atoms. The van der Waals surface area contributed by atoms with Gasteiger partial charge in [0.2, 0.25) is 0 Å². The molecule has 0 fully saturated rings. The van der Waals surface area contributed by atoms with Gasteiger partial charge < -0.3 is 9.13 Å². The largest absolute Gasteiger partial charge is 0.309 e. The maximum atomic E-state index is 13.5. The maximum absolute atomic E-state index is 13.5. The summed E-state index contributed by atoms with van der Waals surface area (Å²) in [6.07, 6.45) is 0. The van der Waals surface area contributed by atoms with Crippen LogP contribution in [0, 0.1) is 18.3 Å². The number of imide groups is 1. The minimum atomic E-state index is -0.373. The summed E-state index contributed by atoms with van der Waals surface area (Å²) in [4.78, 5) is 28.2. The monoisotopic (exact) mass is 592 g/mol. The van der Waals surface area contributed by atoms with E-state index in [1.54, 1.807) is 42.5 Å². The van der Waals surface area contributed by atoms with Gasteiger partial charge in [0.1, 0.15) is 6.07 Å². The fraction of sp³-hybridized carbons (Fsp3) is 0.0250. The number of para-hydroxylation sites is 2. The van der Waals surface area contributed by atoms with Crippen LogP contribution in [0.5, 0.6) is 0 Å². The third-order valence-corrected chi connectivity index (χ3v) is 9.16. The lowest BCUT2D eigenvalue weighted by atomic mass is 10.1. The highest BCUT2D eigenvalue weighted by Crippen LogP contribution is 2.43. The van der Waals surface area contributed by atoms with Gasteiger partial charge in [-0.3, -0.25) is 9.59 Å². The van der Waals surface area contributed by atoms with Crippen LogP contribution in [0.4, 0.5) is 5.69 Å². The SMILES string of the molecule is Cc1ccc(-n2c3ccccc3c3c2ccc2c4ccccc4n(-c4cc(N5C(=O)c6ccccc6C5=O)ccc4C#N)c23)cc1. The minimum absolute atomic E-state index is 0.373. The molecular formula is C40H24N4O2. The zero-order valence-electron chi connectivity index (χ0n) is 24.7. The first-order valence-corrected chi connectivity index (χ1v) is 15.1. The van der Waals surface area contributed by atoms with E-state index in [1.165, 1.54) is 10.5 Å². The molecule has 6 nitrogen and oxygen atoms in total. The van der Waals surface area contributed by atoms with Crippen molar-refractivity contribution in [3.63, 3.8) is 0 Å². The number of hydrogen-bond acceptors (Lipinski definition) is 3. The van der Waals surface area contributed by atoms with E-state index in [1.807, 2.05) is 12.1 Å². The Morgan fingerprint density at radius 2 is 1.17 bits per heavy atom. The molecule has 0 aliphatic carbocycles. The Kier molecular flexibility index (Phi) is 5.38. The number of amides is 2. The number of benzene rings is 6. The number of nitrogens with zero attached hydrogens (tertiary/aromatic N) is 4. The second-order valence-corrected chi connectivity index (χ2v) is 11.7. The fourth-order valence-corrected chi connectivity index (χ4v) is 7.09. The first kappa shape index (κ1) is 26.0. The van der Waals surface area contributed by atoms with Gasteiger partial charge >= 0.3 is 0 Å². The summed E-state index contributed by atoms with van der Waals surface area (Å²) in [5.74, 6) is -0.746. The van der Waals surface area contributed by atoms with Crippen LogP contribution in [0.3, 0.4) is 0 Å². The quantitative estimate of drug-likeness (QED) is 0.192. The van der Waals surface area contributed by atoms with Gasteiger partial charge in [0, 0.05) is 27.2 Å². The van der Waals surface area contributed by atoms with Crippen molar-refractivity contribution in [1.82, 2.24) is 9.13 Å². The van der Waals surface area contributed by atoms with Crippen LogP contribution in [0.2, 0.25) is 0 Å². The molecule has 1 aliphatic rings. The Bertz CT molecular complexity index is 2620. The molecule has 0 N–H and O–H groups in total. The number of carbonyl (C=O) groups is 2. The summed E-state index contributed by atoms with van der Waals surface area (Å²) in [5.41, 5.74) is 8.44. The van der Waals surface area contributed by atoms with E-state index in [-0.39, 0.29) is 11.8 Å². The summed E-state index contributed by atoms with van der Waals surface area (Å²) >= 11 is 0. The lowest BCUT2D eigenvalue weighted by Gasteiger charge is -2.18. The van der Waals surface area contributed by atoms with E-state index in [4.69, 9.17) is 0 Å². The van der Waals surface area contributed by atoms with Crippen molar-refractivity contribution < 1.29 is 9.59 Å². The summed E-state index contributed by atoms with van der Waals surface area (Å²) in [6, 6.07) is 43.8. The second kappa shape index (κ2) is 9.52. The number of hydrogen-bond donors (Lipinski definition) is 0. The van der Waals surface area contributed by atoms with Gasteiger partial charge in [-0.25, -0.2) is 4.90 Å². The molecule has 1 aliphatic heterocycles. The smallest absolute Gasteiger partial charge is 0.266 e. The molecule has 0 unspecified atom stereocenters. The summed E-state index contributed by atoms with van der Waals surface area (Å²) in [6.45, 7) is 2.08. The molecule has 0 radical (unpaired) electrons. The Balaban J connectivity index is 1.40. The molecule has 8 aromatic rings. The van der Waals surface area contributed by atoms with E-state index in [2.05, 4.69) is 94.9 Å². The zero-order chi connectivity index (χ0) is 31.1. The number of fused-ring (bicyclic) bond motifs is 8. The van der Waals surface area contributed by atoms with Crippen molar-refractivity contribution >= 4 is 61.1 Å². The first-order chi connectivity index (χ1) is 22.5. The molecule has 6 aromatic carbocycles. The van der Waals surface area contributed by atoms with Crippen LogP contribution in [-0.4, -0.2) is 20.9 Å². The molecule has 6 heteroatoms. The van der Waals surface area contributed by atoms with Crippen LogP contribution in [0.15, 0.2) is 127 Å². The number of aryl methyl sites for hydroxylation is 1. The van der Waals surface area contributed by atoms with Crippen LogP contribution < -0.4 is 4.90 Å². The van der Waals surface area contributed by atoms with Crippen molar-refractivity contribution in [1.29, 1.82) is 5.26 Å². The van der Waals surface area contributed by atoms with Crippen LogP contribution >= 0.6 is 0 Å². The summed E-state index contributed by atoms with van der Waals surface area (Å²) in [5, 5.41) is 14.6. The number of nitriles is 1. The van der Waals surface area contributed by atoms with E-state index >= 15 is 0 Å². The normalized spacial score (nSPS) is 12.9. The standard InChI is InChI=1S/C40H24N4O2/c1-24-14-17-26(18-15-24)42-34-13-7-5-11-32(34)37-35(42)21-20-29-28-8-4-6-12-33(28)44(38(29)37)36-22-27(19-16-25(36)23-41)43-39(45)30-9-2-3-10-31(30)40(43)46/h2-22H,1H3. The van der Waals surface area contributed by atoms with Crippen molar-refractivity contribution in [3.8, 4) is 17.4 Å². The highest BCUT2D eigenvalue weighted by molar-refractivity contribution is 6.34. The van der Waals surface area contributed by atoms with E-state index in [9.17, 15) is 14.9 Å². The van der Waals surface area contributed by atoms with Crippen molar-refractivity contribution in [3.05, 3.63) is 150 Å². The average molecular weight is 593 g/mol. The number of aromatic nitrogens is 2. The highest BCUT2D eigenvalue weighted by Gasteiger charge is 2.36. The fourth-order valence-electron chi connectivity index (χ4n) is 7.09. The zero-order valence-corrected chi connectivity index (χ0v) is 24.7. The van der Waals surface area contributed by atoms with Gasteiger partial charge in [-0.15, -0.1) is 0 Å². The van der Waals surface area contributed by atoms with Crippen molar-refractivity contribution in [2.45, 2.75) is 6.92 Å². The number of rotatable bonds is 3. The predicted molar refractivity (Wildman–Crippen MR) is 182 cm³/mol. The van der Waals surface area contributed by atoms with Gasteiger partial charge in [0.15, 0.2) is 0 Å². The molecule has 9 rings (SSSR count). The molecule has 0 atom stereocenters. The number of carbonyl (C=O) groups excluding carboxylic acids is 2. The molecule has 0 saturated carbocycles. The molecular weight excluding hydrogens is 568 g/mol. The average Bonchev–Trinajstić information content (AvgIpc) is 3.70. The molecule has 46 heavy (non-hydrogen) atoms. The molecule has 0 saturated heterocycles. The summed E-state index contributed by atoms with van der Waals surface area (Å²) < 4.78 is 4.41. The lowest BCUT2D eigenvalue weighted by molar-refractivity contribution is 0.0926. The Hall–Kier alpha value is -6.45. The summed E-state index contributed by atoms with van der Waals surface area (Å²) in [7, 11) is 0. The second-order valence-electron chi connectivity index (χ2n) is 11.7. The van der Waals surface area contributed by atoms with Gasteiger partial charge in [0.05, 0.1) is 50.1 Å². The van der Waals surface area contributed by atoms with E-state index < -0.39 is 0 Å². The van der Waals surface area contributed by atoms with Crippen molar-refractivity contribution in [2.24, 2.45) is 0 Å². The third kappa shape index (κ3) is 3.45. The van der Waals surface area contributed by atoms with Gasteiger partial charge in [-0.1, -0.05) is 72.3 Å². The maximum Gasteiger partial charge on any atom is 0.266 e. The van der Waals surface area contributed by atoms with Gasteiger partial charge in [-0.05, 0) is 67.6 Å². The van der Waals surface area contributed by atoms with E-state index in [0.717, 1.165) is 49.3 Å². The lowest BCUT2D eigenvalue weighted by Crippen LogP contribution is -2.29. The third-order valence-electron chi connectivity index (χ3n) is 9.16. The molecule has 0 spiro atoms. The van der Waals surface area contributed by atoms with E-state index in [0.29, 0.717) is 28.1 Å². The van der Waals surface area contributed by atoms with Crippen LogP contribution in [0.1, 0.15) is 31.8 Å². The Morgan fingerprint density at radius 1 is 0.565 bits per heavy atom. The van der Waals surface area contributed by atoms with Crippen molar-refractivity contribution in [2.75, 3.05) is 4.90 Å². The Labute approximate surface area is 263 Å². The molecule has 2 amide bonds. The first-order valence-electron chi connectivity index (χ1n) is 15.1. The topological polar surface area (TPSA) is 71.0 Å². The predicted octanol–water partition coefficient (Wildman–Crippen LogP) is 8.86. The van der Waals surface area contributed by atoms with Gasteiger partial charge in [-0.2, -0.15) is 5.26 Å². The number of anilines is 1. The minimum Gasteiger partial charge on any atom is -0.309 e.